The summed E-state index contributed by atoms with van der Waals surface area (Å²) in [6, 6.07) is 8.63. The third kappa shape index (κ3) is 3.77. The van der Waals surface area contributed by atoms with Crippen LogP contribution in [0.3, 0.4) is 0 Å². The van der Waals surface area contributed by atoms with Crippen LogP contribution in [-0.2, 0) is 19.4 Å². The molecule has 4 heteroatoms. The molecule has 0 aliphatic heterocycles. The predicted octanol–water partition coefficient (Wildman–Crippen LogP) is 3.69. The van der Waals surface area contributed by atoms with Gasteiger partial charge in [0.15, 0.2) is 4.77 Å². The van der Waals surface area contributed by atoms with Crippen molar-refractivity contribution in [2.75, 3.05) is 0 Å². The monoisotopic (exact) mass is 275 g/mol. The number of rotatable bonds is 5. The van der Waals surface area contributed by atoms with Crippen molar-refractivity contribution in [2.45, 2.75) is 40.2 Å². The zero-order chi connectivity index (χ0) is 13.8. The summed E-state index contributed by atoms with van der Waals surface area (Å²) in [5, 5.41) is 7.26. The van der Waals surface area contributed by atoms with Crippen LogP contribution < -0.4 is 0 Å². The van der Waals surface area contributed by atoms with Crippen LogP contribution in [0.2, 0.25) is 0 Å². The predicted molar refractivity (Wildman–Crippen MR) is 80.8 cm³/mol. The van der Waals surface area contributed by atoms with Crippen molar-refractivity contribution < 1.29 is 0 Å². The Kier molecular flexibility index (Phi) is 4.53. The smallest absolute Gasteiger partial charge is 0.195 e. The fraction of sp³-hybridized carbons (Fsp3) is 0.467. The number of benzene rings is 1. The van der Waals surface area contributed by atoms with Gasteiger partial charge in [0.1, 0.15) is 5.82 Å². The molecule has 0 radical (unpaired) electrons. The molecule has 0 aliphatic rings. The minimum absolute atomic E-state index is 0.571. The summed E-state index contributed by atoms with van der Waals surface area (Å²) >= 11 is 5.29. The van der Waals surface area contributed by atoms with Gasteiger partial charge in [0, 0.05) is 13.0 Å². The van der Waals surface area contributed by atoms with Crippen molar-refractivity contribution in [1.29, 1.82) is 0 Å². The molecule has 1 aromatic heterocycles. The molecule has 0 atom stereocenters. The first-order valence-electron chi connectivity index (χ1n) is 6.76. The van der Waals surface area contributed by atoms with Crippen LogP contribution in [0.15, 0.2) is 24.3 Å². The Bertz CT molecular complexity index is 595. The lowest BCUT2D eigenvalue weighted by molar-refractivity contribution is 0.502. The zero-order valence-electron chi connectivity index (χ0n) is 11.8. The van der Waals surface area contributed by atoms with Crippen molar-refractivity contribution in [3.8, 4) is 0 Å². The summed E-state index contributed by atoms with van der Waals surface area (Å²) in [5.41, 5.74) is 2.66. The minimum atomic E-state index is 0.571. The first kappa shape index (κ1) is 14.0. The normalized spacial score (nSPS) is 11.2. The minimum Gasteiger partial charge on any atom is -0.304 e. The molecule has 0 spiro atoms. The topological polar surface area (TPSA) is 33.6 Å². The molecule has 1 aromatic carbocycles. The van der Waals surface area contributed by atoms with Crippen LogP contribution in [0, 0.1) is 17.6 Å². The van der Waals surface area contributed by atoms with E-state index in [9.17, 15) is 0 Å². The maximum Gasteiger partial charge on any atom is 0.195 e. The van der Waals surface area contributed by atoms with E-state index in [0.29, 0.717) is 5.92 Å². The molecule has 0 saturated carbocycles. The van der Waals surface area contributed by atoms with E-state index in [1.54, 1.807) is 0 Å². The van der Waals surface area contributed by atoms with E-state index < -0.39 is 0 Å². The Morgan fingerprint density at radius 1 is 1.32 bits per heavy atom. The van der Waals surface area contributed by atoms with E-state index in [1.165, 1.54) is 11.1 Å². The van der Waals surface area contributed by atoms with Crippen LogP contribution in [0.4, 0.5) is 0 Å². The third-order valence-corrected chi connectivity index (χ3v) is 3.42. The van der Waals surface area contributed by atoms with Crippen LogP contribution in [-0.4, -0.2) is 14.8 Å². The van der Waals surface area contributed by atoms with Gasteiger partial charge in [-0.05, 0) is 37.0 Å². The van der Waals surface area contributed by atoms with Gasteiger partial charge in [-0.25, -0.2) is 0 Å². The maximum absolute atomic E-state index is 5.29. The number of aryl methyl sites for hydroxylation is 3. The second-order valence-electron chi connectivity index (χ2n) is 5.44. The molecule has 0 amide bonds. The molecule has 19 heavy (non-hydrogen) atoms. The number of nitrogens with one attached hydrogen (secondary N) is 1. The number of aromatic nitrogens is 3. The van der Waals surface area contributed by atoms with Gasteiger partial charge in [0.25, 0.3) is 0 Å². The molecule has 2 aromatic rings. The average molecular weight is 275 g/mol. The van der Waals surface area contributed by atoms with Gasteiger partial charge in [-0.1, -0.05) is 43.7 Å². The van der Waals surface area contributed by atoms with Gasteiger partial charge in [-0.15, -0.1) is 0 Å². The first-order chi connectivity index (χ1) is 9.06. The molecule has 0 fully saturated rings. The van der Waals surface area contributed by atoms with Gasteiger partial charge in [-0.3, -0.25) is 5.10 Å². The Hall–Kier alpha value is -1.42. The lowest BCUT2D eigenvalue weighted by atomic mass is 10.1. The summed E-state index contributed by atoms with van der Waals surface area (Å²) in [4.78, 5) is 0. The molecule has 0 unspecified atom stereocenters. The molecule has 1 N–H and O–H groups in total. The summed E-state index contributed by atoms with van der Waals surface area (Å²) in [7, 11) is 0. The molecule has 102 valence electrons. The van der Waals surface area contributed by atoms with Crippen LogP contribution in [0.25, 0.3) is 0 Å². The second-order valence-corrected chi connectivity index (χ2v) is 5.83. The van der Waals surface area contributed by atoms with Crippen molar-refractivity contribution in [3.63, 3.8) is 0 Å². The largest absolute Gasteiger partial charge is 0.304 e. The van der Waals surface area contributed by atoms with E-state index in [2.05, 4.69) is 59.8 Å². The van der Waals surface area contributed by atoms with E-state index in [-0.39, 0.29) is 0 Å². The van der Waals surface area contributed by atoms with E-state index in [0.717, 1.165) is 30.0 Å². The van der Waals surface area contributed by atoms with Crippen molar-refractivity contribution in [2.24, 2.45) is 5.92 Å². The summed E-state index contributed by atoms with van der Waals surface area (Å²) in [6.45, 7) is 7.44. The van der Waals surface area contributed by atoms with Crippen LogP contribution >= 0.6 is 12.2 Å². The number of nitrogens with zero attached hydrogens (tertiary/aromatic N) is 2. The van der Waals surface area contributed by atoms with Gasteiger partial charge < -0.3 is 4.57 Å². The number of aromatic amines is 1. The second kappa shape index (κ2) is 6.15. The van der Waals surface area contributed by atoms with Gasteiger partial charge in [0.05, 0.1) is 0 Å². The van der Waals surface area contributed by atoms with Crippen LogP contribution in [0.1, 0.15) is 30.8 Å². The summed E-state index contributed by atoms with van der Waals surface area (Å²) < 4.78 is 2.85. The average Bonchev–Trinajstić information content (AvgIpc) is 2.68. The maximum atomic E-state index is 5.29. The molecular weight excluding hydrogens is 254 g/mol. The van der Waals surface area contributed by atoms with Gasteiger partial charge >= 0.3 is 0 Å². The van der Waals surface area contributed by atoms with E-state index >= 15 is 0 Å². The Balaban J connectivity index is 2.09. The highest BCUT2D eigenvalue weighted by Gasteiger charge is 2.08. The zero-order valence-corrected chi connectivity index (χ0v) is 12.6. The summed E-state index contributed by atoms with van der Waals surface area (Å²) in [5.74, 6) is 1.63. The molecule has 0 aliphatic carbocycles. The van der Waals surface area contributed by atoms with Crippen molar-refractivity contribution in [3.05, 3.63) is 46.0 Å². The molecule has 3 nitrogen and oxygen atoms in total. The first-order valence-corrected chi connectivity index (χ1v) is 7.16. The molecule has 2 rings (SSSR count). The van der Waals surface area contributed by atoms with Crippen LogP contribution in [0.5, 0.6) is 0 Å². The lowest BCUT2D eigenvalue weighted by Crippen LogP contribution is -2.09. The molecule has 0 saturated heterocycles. The fourth-order valence-electron chi connectivity index (χ4n) is 2.22. The Labute approximate surface area is 119 Å². The molecule has 0 bridgehead atoms. The molecule has 1 heterocycles. The number of hydrogen-bond donors (Lipinski definition) is 1. The summed E-state index contributed by atoms with van der Waals surface area (Å²) in [6.07, 6.45) is 1.92. The lowest BCUT2D eigenvalue weighted by Gasteiger charge is -2.09. The molecular formula is C15H21N3S. The highest BCUT2D eigenvalue weighted by Crippen LogP contribution is 2.10. The Morgan fingerprint density at radius 3 is 2.79 bits per heavy atom. The highest BCUT2D eigenvalue weighted by atomic mass is 32.1. The van der Waals surface area contributed by atoms with Crippen molar-refractivity contribution in [1.82, 2.24) is 14.8 Å². The van der Waals surface area contributed by atoms with Gasteiger partial charge in [0.2, 0.25) is 0 Å². The van der Waals surface area contributed by atoms with E-state index in [4.69, 9.17) is 12.2 Å². The Morgan fingerprint density at radius 2 is 2.11 bits per heavy atom. The van der Waals surface area contributed by atoms with Crippen molar-refractivity contribution >= 4 is 12.2 Å². The fourth-order valence-corrected chi connectivity index (χ4v) is 2.44. The van der Waals surface area contributed by atoms with Gasteiger partial charge in [-0.2, -0.15) is 5.10 Å². The quantitative estimate of drug-likeness (QED) is 0.844. The number of H-pyrrole nitrogens is 1. The number of hydrogen-bond acceptors (Lipinski definition) is 2. The highest BCUT2D eigenvalue weighted by molar-refractivity contribution is 7.71. The standard InChI is InChI=1S/C15H21N3S/c1-11(2)10-18-14(16-17-15(18)19)8-7-13-6-4-5-12(3)9-13/h4-6,9,11H,7-8,10H2,1-3H3,(H,17,19). The van der Waals surface area contributed by atoms with E-state index in [1.807, 2.05) is 0 Å². The SMILES string of the molecule is Cc1cccc(CCc2n[nH]c(=S)n2CC(C)C)c1. The third-order valence-electron chi connectivity index (χ3n) is 3.10.